The molecule has 138 valence electrons. The predicted molar refractivity (Wildman–Crippen MR) is 97.4 cm³/mol. The number of halogens is 1. The highest BCUT2D eigenvalue weighted by Crippen LogP contribution is 2.25. The molecule has 0 saturated carbocycles. The van der Waals surface area contributed by atoms with Gasteiger partial charge in [-0.25, -0.2) is 9.37 Å². The van der Waals surface area contributed by atoms with Crippen molar-refractivity contribution in [3.8, 4) is 11.3 Å². The lowest BCUT2D eigenvalue weighted by Crippen LogP contribution is -2.44. The van der Waals surface area contributed by atoms with E-state index in [0.717, 1.165) is 35.5 Å². The summed E-state index contributed by atoms with van der Waals surface area (Å²) in [5, 5.41) is 11.5. The minimum Gasteiger partial charge on any atom is -0.481 e. The number of hydrogen-bond acceptors (Lipinski definition) is 4. The summed E-state index contributed by atoms with van der Waals surface area (Å²) in [6, 6.07) is 6.12. The Kier molecular flexibility index (Phi) is 5.98. The Morgan fingerprint density at radius 2 is 2.04 bits per heavy atom. The topological polar surface area (TPSA) is 70.5 Å². The van der Waals surface area contributed by atoms with Crippen LogP contribution in [0.3, 0.4) is 0 Å². The molecular formula is C19H21FN2O3S. The highest BCUT2D eigenvalue weighted by atomic mass is 32.1. The van der Waals surface area contributed by atoms with Crippen molar-refractivity contribution in [2.75, 3.05) is 6.54 Å². The minimum atomic E-state index is -0.827. The van der Waals surface area contributed by atoms with Crippen LogP contribution in [-0.2, 0) is 16.0 Å². The lowest BCUT2D eigenvalue weighted by molar-refractivity contribution is -0.139. The van der Waals surface area contributed by atoms with Crippen LogP contribution in [0.5, 0.6) is 0 Å². The number of thiazole rings is 1. The molecule has 0 aliphatic carbocycles. The first kappa shape index (κ1) is 18.5. The van der Waals surface area contributed by atoms with Gasteiger partial charge in [0.05, 0.1) is 12.1 Å². The third-order valence-electron chi connectivity index (χ3n) is 4.63. The number of likely N-dealkylation sites (tertiary alicyclic amines) is 1. The molecule has 1 aromatic heterocycles. The molecule has 0 bridgehead atoms. The number of carboxylic acids is 1. The van der Waals surface area contributed by atoms with Crippen LogP contribution < -0.4 is 0 Å². The fraction of sp³-hybridized carbons (Fsp3) is 0.421. The quantitative estimate of drug-likeness (QED) is 0.834. The predicted octanol–water partition coefficient (Wildman–Crippen LogP) is 3.74. The lowest BCUT2D eigenvalue weighted by atomic mass is 9.97. The number of carboxylic acid groups (broad SMARTS) is 1. The molecule has 1 aliphatic heterocycles. The molecule has 1 aromatic carbocycles. The normalized spacial score (nSPS) is 17.3. The molecule has 26 heavy (non-hydrogen) atoms. The van der Waals surface area contributed by atoms with Gasteiger partial charge in [-0.15, -0.1) is 11.3 Å². The molecule has 1 amide bonds. The molecule has 0 radical (unpaired) electrons. The first-order valence-corrected chi connectivity index (χ1v) is 9.62. The maximum absolute atomic E-state index is 13.0. The van der Waals surface area contributed by atoms with E-state index < -0.39 is 5.97 Å². The number of aromatic nitrogens is 1. The number of carbonyl (C=O) groups excluding carboxylic acids is 1. The Bertz CT molecular complexity index is 775. The van der Waals surface area contributed by atoms with Crippen molar-refractivity contribution in [2.24, 2.45) is 0 Å². The molecule has 1 unspecified atom stereocenters. The van der Waals surface area contributed by atoms with Crippen LogP contribution >= 0.6 is 11.3 Å². The van der Waals surface area contributed by atoms with Gasteiger partial charge in [0.15, 0.2) is 0 Å². The first-order chi connectivity index (χ1) is 12.5. The van der Waals surface area contributed by atoms with E-state index in [0.29, 0.717) is 13.0 Å². The zero-order chi connectivity index (χ0) is 18.5. The van der Waals surface area contributed by atoms with E-state index in [-0.39, 0.29) is 30.6 Å². The SMILES string of the molecule is O=C(O)CCC1CCCCN1C(=O)Cc1nc(-c2ccc(F)cc2)cs1. The summed E-state index contributed by atoms with van der Waals surface area (Å²) in [6.07, 6.45) is 3.64. The van der Waals surface area contributed by atoms with Gasteiger partial charge < -0.3 is 10.0 Å². The Labute approximate surface area is 155 Å². The Balaban J connectivity index is 1.65. The van der Waals surface area contributed by atoms with Crippen LogP contribution in [0.4, 0.5) is 4.39 Å². The maximum Gasteiger partial charge on any atom is 0.303 e. The Morgan fingerprint density at radius 3 is 2.77 bits per heavy atom. The van der Waals surface area contributed by atoms with Crippen molar-refractivity contribution in [1.82, 2.24) is 9.88 Å². The fourth-order valence-corrected chi connectivity index (χ4v) is 4.09. The Hall–Kier alpha value is -2.28. The Morgan fingerprint density at radius 1 is 1.27 bits per heavy atom. The standard InChI is InChI=1S/C19H21FN2O3S/c20-14-6-4-13(5-7-14)16-12-26-17(21-16)11-18(23)22-10-2-1-3-15(22)8-9-19(24)25/h4-7,12,15H,1-3,8-11H2,(H,24,25). The zero-order valence-electron chi connectivity index (χ0n) is 14.4. The summed E-state index contributed by atoms with van der Waals surface area (Å²) in [5.41, 5.74) is 1.55. The van der Waals surface area contributed by atoms with Crippen LogP contribution in [0.15, 0.2) is 29.6 Å². The smallest absolute Gasteiger partial charge is 0.303 e. The second-order valence-electron chi connectivity index (χ2n) is 6.48. The van der Waals surface area contributed by atoms with E-state index >= 15 is 0 Å². The summed E-state index contributed by atoms with van der Waals surface area (Å²) in [5.74, 6) is -1.12. The monoisotopic (exact) mass is 376 g/mol. The highest BCUT2D eigenvalue weighted by molar-refractivity contribution is 7.10. The number of hydrogen-bond donors (Lipinski definition) is 1. The van der Waals surface area contributed by atoms with E-state index in [1.54, 1.807) is 12.1 Å². The van der Waals surface area contributed by atoms with Gasteiger partial charge in [0.25, 0.3) is 0 Å². The average Bonchev–Trinajstić information content (AvgIpc) is 3.09. The number of nitrogens with zero attached hydrogens (tertiary/aromatic N) is 2. The van der Waals surface area contributed by atoms with Gasteiger partial charge in [0.1, 0.15) is 10.8 Å². The summed E-state index contributed by atoms with van der Waals surface area (Å²) < 4.78 is 13.0. The fourth-order valence-electron chi connectivity index (χ4n) is 3.30. The number of aliphatic carboxylic acids is 1. The van der Waals surface area contributed by atoms with Crippen LogP contribution in [-0.4, -0.2) is 39.5 Å². The largest absolute Gasteiger partial charge is 0.481 e. The summed E-state index contributed by atoms with van der Waals surface area (Å²) in [6.45, 7) is 0.680. The van der Waals surface area contributed by atoms with Crippen molar-refractivity contribution in [1.29, 1.82) is 0 Å². The van der Waals surface area contributed by atoms with Gasteiger partial charge in [-0.3, -0.25) is 9.59 Å². The molecule has 1 N–H and O–H groups in total. The molecule has 2 aromatic rings. The number of benzene rings is 1. The molecule has 1 fully saturated rings. The van der Waals surface area contributed by atoms with Gasteiger partial charge in [0, 0.05) is 30.0 Å². The van der Waals surface area contributed by atoms with E-state index in [2.05, 4.69) is 4.98 Å². The van der Waals surface area contributed by atoms with Crippen molar-refractivity contribution < 1.29 is 19.1 Å². The molecule has 7 heteroatoms. The van der Waals surface area contributed by atoms with E-state index in [9.17, 15) is 14.0 Å². The van der Waals surface area contributed by atoms with Gasteiger partial charge >= 0.3 is 5.97 Å². The minimum absolute atomic E-state index is 0.0000879. The second-order valence-corrected chi connectivity index (χ2v) is 7.42. The molecular weight excluding hydrogens is 355 g/mol. The van der Waals surface area contributed by atoms with Crippen LogP contribution in [0, 0.1) is 5.82 Å². The molecule has 1 saturated heterocycles. The summed E-state index contributed by atoms with van der Waals surface area (Å²) in [7, 11) is 0. The second kappa shape index (κ2) is 8.40. The summed E-state index contributed by atoms with van der Waals surface area (Å²) in [4.78, 5) is 29.9. The molecule has 0 spiro atoms. The third kappa shape index (κ3) is 4.66. The average molecular weight is 376 g/mol. The van der Waals surface area contributed by atoms with E-state index in [4.69, 9.17) is 5.11 Å². The van der Waals surface area contributed by atoms with Gasteiger partial charge in [-0.05, 0) is 49.9 Å². The summed E-state index contributed by atoms with van der Waals surface area (Å²) >= 11 is 1.41. The van der Waals surface area contributed by atoms with Crippen LogP contribution in [0.1, 0.15) is 37.1 Å². The lowest BCUT2D eigenvalue weighted by Gasteiger charge is -2.35. The number of carbonyl (C=O) groups is 2. The third-order valence-corrected chi connectivity index (χ3v) is 5.48. The molecule has 1 aliphatic rings. The molecule has 5 nitrogen and oxygen atoms in total. The van der Waals surface area contributed by atoms with E-state index in [1.807, 2.05) is 10.3 Å². The molecule has 2 heterocycles. The van der Waals surface area contributed by atoms with Crippen molar-refractivity contribution >= 4 is 23.2 Å². The number of rotatable bonds is 6. The van der Waals surface area contributed by atoms with Gasteiger partial charge in [-0.2, -0.15) is 0 Å². The van der Waals surface area contributed by atoms with Crippen molar-refractivity contribution in [2.45, 2.75) is 44.6 Å². The molecule has 3 rings (SSSR count). The number of amides is 1. The maximum atomic E-state index is 13.0. The van der Waals surface area contributed by atoms with Crippen molar-refractivity contribution in [3.63, 3.8) is 0 Å². The van der Waals surface area contributed by atoms with Crippen molar-refractivity contribution in [3.05, 3.63) is 40.5 Å². The number of piperidine rings is 1. The van der Waals surface area contributed by atoms with Crippen LogP contribution in [0.25, 0.3) is 11.3 Å². The molecule has 1 atom stereocenters. The first-order valence-electron chi connectivity index (χ1n) is 8.74. The van der Waals surface area contributed by atoms with E-state index in [1.165, 1.54) is 23.5 Å². The van der Waals surface area contributed by atoms with Crippen LogP contribution in [0.2, 0.25) is 0 Å². The van der Waals surface area contributed by atoms with Gasteiger partial charge in [-0.1, -0.05) is 0 Å². The zero-order valence-corrected chi connectivity index (χ0v) is 15.2. The highest BCUT2D eigenvalue weighted by Gasteiger charge is 2.27. The van der Waals surface area contributed by atoms with Gasteiger partial charge in [0.2, 0.25) is 5.91 Å².